The molecule has 2 atom stereocenters. The van der Waals surface area contributed by atoms with Crippen molar-refractivity contribution in [1.82, 2.24) is 20.8 Å². The van der Waals surface area contributed by atoms with Gasteiger partial charge in [-0.2, -0.15) is 4.98 Å². The van der Waals surface area contributed by atoms with Crippen LogP contribution in [0.2, 0.25) is 0 Å². The Morgan fingerprint density at radius 2 is 2.50 bits per heavy atom. The van der Waals surface area contributed by atoms with Gasteiger partial charge >= 0.3 is 0 Å². The average Bonchev–Trinajstić information content (AvgIpc) is 2.91. The van der Waals surface area contributed by atoms with Crippen molar-refractivity contribution in [1.29, 1.82) is 0 Å². The largest absolute Gasteiger partial charge is 0.339 e. The first kappa shape index (κ1) is 11.5. The zero-order chi connectivity index (χ0) is 11.4. The SMILES string of the molecule is CNC(C)Cc1nc(CC2CCNC2)no1. The first-order valence-electron chi connectivity index (χ1n) is 5.97. The van der Waals surface area contributed by atoms with Gasteiger partial charge in [0.05, 0.1) is 0 Å². The van der Waals surface area contributed by atoms with E-state index >= 15 is 0 Å². The van der Waals surface area contributed by atoms with Crippen LogP contribution in [0.15, 0.2) is 4.52 Å². The van der Waals surface area contributed by atoms with Crippen LogP contribution in [0.3, 0.4) is 0 Å². The predicted molar refractivity (Wildman–Crippen MR) is 61.2 cm³/mol. The van der Waals surface area contributed by atoms with Crippen molar-refractivity contribution in [2.45, 2.75) is 32.2 Å². The van der Waals surface area contributed by atoms with Crippen molar-refractivity contribution in [3.8, 4) is 0 Å². The van der Waals surface area contributed by atoms with Gasteiger partial charge < -0.3 is 15.2 Å². The van der Waals surface area contributed by atoms with Gasteiger partial charge in [-0.3, -0.25) is 0 Å². The van der Waals surface area contributed by atoms with E-state index in [1.54, 1.807) is 0 Å². The molecule has 2 N–H and O–H groups in total. The summed E-state index contributed by atoms with van der Waals surface area (Å²) in [6, 6.07) is 0.376. The van der Waals surface area contributed by atoms with E-state index in [2.05, 4.69) is 27.7 Å². The van der Waals surface area contributed by atoms with Crippen molar-refractivity contribution in [3.63, 3.8) is 0 Å². The standard InChI is InChI=1S/C11H20N4O/c1-8(12-2)5-11-14-10(15-16-11)6-9-3-4-13-7-9/h8-9,12-13H,3-7H2,1-2H3. The van der Waals surface area contributed by atoms with Crippen LogP contribution in [-0.2, 0) is 12.8 Å². The van der Waals surface area contributed by atoms with Gasteiger partial charge in [0.25, 0.3) is 0 Å². The third-order valence-corrected chi connectivity index (χ3v) is 3.12. The number of hydrogen-bond donors (Lipinski definition) is 2. The maximum absolute atomic E-state index is 5.23. The molecule has 16 heavy (non-hydrogen) atoms. The molecule has 0 saturated carbocycles. The van der Waals surface area contributed by atoms with Gasteiger partial charge in [0.2, 0.25) is 5.89 Å². The minimum Gasteiger partial charge on any atom is -0.339 e. The first-order valence-corrected chi connectivity index (χ1v) is 5.97. The Labute approximate surface area is 96.0 Å². The maximum Gasteiger partial charge on any atom is 0.228 e. The van der Waals surface area contributed by atoms with Crippen molar-refractivity contribution in [2.24, 2.45) is 5.92 Å². The average molecular weight is 224 g/mol. The second kappa shape index (κ2) is 5.41. The highest BCUT2D eigenvalue weighted by atomic mass is 16.5. The molecule has 0 aromatic carbocycles. The number of hydrogen-bond acceptors (Lipinski definition) is 5. The first-order chi connectivity index (χ1) is 7.78. The fourth-order valence-corrected chi connectivity index (χ4v) is 1.97. The predicted octanol–water partition coefficient (Wildman–Crippen LogP) is 0.372. The summed E-state index contributed by atoms with van der Waals surface area (Å²) in [5.41, 5.74) is 0. The summed E-state index contributed by atoms with van der Waals surface area (Å²) in [7, 11) is 1.94. The molecular formula is C11H20N4O. The molecule has 1 aliphatic heterocycles. The Hall–Kier alpha value is -0.940. The molecule has 1 aromatic rings. The molecule has 2 unspecified atom stereocenters. The fraction of sp³-hybridized carbons (Fsp3) is 0.818. The Kier molecular flexibility index (Phi) is 3.90. The van der Waals surface area contributed by atoms with Gasteiger partial charge in [0, 0.05) is 18.9 Å². The summed E-state index contributed by atoms with van der Waals surface area (Å²) < 4.78 is 5.23. The molecule has 0 aliphatic carbocycles. The lowest BCUT2D eigenvalue weighted by molar-refractivity contribution is 0.358. The number of aromatic nitrogens is 2. The normalized spacial score (nSPS) is 22.5. The Bertz CT molecular complexity index is 320. The lowest BCUT2D eigenvalue weighted by Gasteiger charge is -2.04. The van der Waals surface area contributed by atoms with Crippen LogP contribution in [0, 0.1) is 5.92 Å². The molecule has 5 nitrogen and oxygen atoms in total. The van der Waals surface area contributed by atoms with Crippen molar-refractivity contribution in [3.05, 3.63) is 11.7 Å². The van der Waals surface area contributed by atoms with Crippen LogP contribution in [0.1, 0.15) is 25.1 Å². The highest BCUT2D eigenvalue weighted by molar-refractivity contribution is 4.91. The molecule has 1 fully saturated rings. The quantitative estimate of drug-likeness (QED) is 0.756. The van der Waals surface area contributed by atoms with Crippen LogP contribution in [0.4, 0.5) is 0 Å². The lowest BCUT2D eigenvalue weighted by Crippen LogP contribution is -2.23. The Balaban J connectivity index is 1.86. The summed E-state index contributed by atoms with van der Waals surface area (Å²) in [4.78, 5) is 4.42. The molecule has 1 aliphatic rings. The fourth-order valence-electron chi connectivity index (χ4n) is 1.97. The maximum atomic E-state index is 5.23. The summed E-state index contributed by atoms with van der Waals surface area (Å²) in [6.45, 7) is 4.30. The lowest BCUT2D eigenvalue weighted by atomic mass is 10.1. The number of nitrogens with one attached hydrogen (secondary N) is 2. The van der Waals surface area contributed by atoms with E-state index in [4.69, 9.17) is 4.52 Å². The van der Waals surface area contributed by atoms with Crippen LogP contribution >= 0.6 is 0 Å². The highest BCUT2D eigenvalue weighted by Gasteiger charge is 2.18. The van der Waals surface area contributed by atoms with Gasteiger partial charge in [-0.05, 0) is 39.4 Å². The number of likely N-dealkylation sites (N-methyl/N-ethyl adjacent to an activating group) is 1. The summed E-state index contributed by atoms with van der Waals surface area (Å²) in [5, 5.41) is 10.5. The van der Waals surface area contributed by atoms with Crippen LogP contribution in [0.25, 0.3) is 0 Å². The van der Waals surface area contributed by atoms with Crippen molar-refractivity contribution < 1.29 is 4.52 Å². The van der Waals surface area contributed by atoms with Crippen LogP contribution in [-0.4, -0.2) is 36.3 Å². The van der Waals surface area contributed by atoms with E-state index < -0.39 is 0 Å². The van der Waals surface area contributed by atoms with Gasteiger partial charge in [-0.25, -0.2) is 0 Å². The molecule has 1 aromatic heterocycles. The van der Waals surface area contributed by atoms with E-state index in [1.165, 1.54) is 6.42 Å². The smallest absolute Gasteiger partial charge is 0.228 e. The zero-order valence-corrected chi connectivity index (χ0v) is 9.99. The molecule has 2 heterocycles. The molecule has 0 bridgehead atoms. The monoisotopic (exact) mass is 224 g/mol. The molecule has 1 saturated heterocycles. The molecule has 2 rings (SSSR count). The molecular weight excluding hydrogens is 204 g/mol. The topological polar surface area (TPSA) is 63.0 Å². The number of rotatable bonds is 5. The van der Waals surface area contributed by atoms with Gasteiger partial charge in [0.1, 0.15) is 0 Å². The third kappa shape index (κ3) is 3.02. The van der Waals surface area contributed by atoms with Crippen LogP contribution < -0.4 is 10.6 Å². The Morgan fingerprint density at radius 3 is 3.19 bits per heavy atom. The molecule has 0 radical (unpaired) electrons. The van der Waals surface area contributed by atoms with Crippen molar-refractivity contribution in [2.75, 3.05) is 20.1 Å². The van der Waals surface area contributed by atoms with E-state index in [0.717, 1.165) is 37.6 Å². The summed E-state index contributed by atoms with van der Waals surface area (Å²) >= 11 is 0. The molecule has 5 heteroatoms. The van der Waals surface area contributed by atoms with Gasteiger partial charge in [-0.1, -0.05) is 5.16 Å². The van der Waals surface area contributed by atoms with Gasteiger partial charge in [0.15, 0.2) is 5.82 Å². The van der Waals surface area contributed by atoms with E-state index in [1.807, 2.05) is 7.05 Å². The number of nitrogens with zero attached hydrogens (tertiary/aromatic N) is 2. The molecule has 90 valence electrons. The summed E-state index contributed by atoms with van der Waals surface area (Å²) in [5.74, 6) is 2.27. The third-order valence-electron chi connectivity index (χ3n) is 3.12. The minimum atomic E-state index is 0.376. The van der Waals surface area contributed by atoms with E-state index in [-0.39, 0.29) is 0 Å². The molecule has 0 spiro atoms. The molecule has 0 amide bonds. The second-order valence-electron chi connectivity index (χ2n) is 4.56. The van der Waals surface area contributed by atoms with E-state index in [9.17, 15) is 0 Å². The zero-order valence-electron chi connectivity index (χ0n) is 9.99. The second-order valence-corrected chi connectivity index (χ2v) is 4.56. The highest BCUT2D eigenvalue weighted by Crippen LogP contribution is 2.13. The van der Waals surface area contributed by atoms with Crippen molar-refractivity contribution >= 4 is 0 Å². The Morgan fingerprint density at radius 1 is 1.62 bits per heavy atom. The van der Waals surface area contributed by atoms with E-state index in [0.29, 0.717) is 12.0 Å². The minimum absolute atomic E-state index is 0.376. The van der Waals surface area contributed by atoms with Gasteiger partial charge in [-0.15, -0.1) is 0 Å². The van der Waals surface area contributed by atoms with Crippen LogP contribution in [0.5, 0.6) is 0 Å². The summed E-state index contributed by atoms with van der Waals surface area (Å²) in [6.07, 6.45) is 2.95.